The molecule has 1 atom stereocenters. The van der Waals surface area contributed by atoms with Crippen LogP contribution in [0.15, 0.2) is 24.3 Å². The van der Waals surface area contributed by atoms with E-state index in [9.17, 15) is 4.79 Å². The van der Waals surface area contributed by atoms with Crippen LogP contribution in [0.3, 0.4) is 0 Å². The molecule has 0 bridgehead atoms. The molecule has 0 radical (unpaired) electrons. The van der Waals surface area contributed by atoms with E-state index in [4.69, 9.17) is 10.8 Å². The highest BCUT2D eigenvalue weighted by atomic mass is 16.3. The maximum atomic E-state index is 12.2. The maximum absolute atomic E-state index is 12.2. The number of aliphatic hydroxyl groups excluding tert-OH is 1. The molecule has 3 rings (SSSR count). The molecule has 144 valence electrons. The van der Waals surface area contributed by atoms with Crippen molar-refractivity contribution in [3.8, 4) is 0 Å². The molecule has 1 aromatic rings. The van der Waals surface area contributed by atoms with Gasteiger partial charge in [0.2, 0.25) is 5.91 Å². The lowest BCUT2D eigenvalue weighted by Gasteiger charge is -2.48. The van der Waals surface area contributed by atoms with E-state index < -0.39 is 0 Å². The van der Waals surface area contributed by atoms with Crippen molar-refractivity contribution in [2.24, 2.45) is 11.1 Å². The number of hydrogen-bond acceptors (Lipinski definition) is 4. The molecule has 1 amide bonds. The van der Waals surface area contributed by atoms with Gasteiger partial charge in [-0.3, -0.25) is 9.69 Å². The molecule has 1 aromatic carbocycles. The molecule has 0 aromatic heterocycles. The van der Waals surface area contributed by atoms with E-state index >= 15 is 0 Å². The smallest absolute Gasteiger partial charge is 0.222 e. The highest BCUT2D eigenvalue weighted by Gasteiger charge is 2.41. The zero-order valence-electron chi connectivity index (χ0n) is 15.8. The quantitative estimate of drug-likeness (QED) is 0.778. The number of likely N-dealkylation sites (tertiary alicyclic amines) is 2. The Bertz CT molecular complexity index is 607. The van der Waals surface area contributed by atoms with Gasteiger partial charge in [-0.15, -0.1) is 0 Å². The van der Waals surface area contributed by atoms with Crippen molar-refractivity contribution in [3.05, 3.63) is 35.4 Å². The standard InChI is InChI=1S/C21H33N3O2/c22-10-7-18-4-1-5-19(14-18)15-23-11-2-8-21(16-23)9-6-20(26)24(17-21)12-3-13-25/h1,4-5,14,25H,2-3,6-13,15-17,22H2/t21-/m0/s1. The minimum absolute atomic E-state index is 0.155. The lowest BCUT2D eigenvalue weighted by Crippen LogP contribution is -2.54. The molecule has 3 N–H and O–H groups in total. The summed E-state index contributed by atoms with van der Waals surface area (Å²) in [6, 6.07) is 8.78. The summed E-state index contributed by atoms with van der Waals surface area (Å²) in [5, 5.41) is 9.10. The van der Waals surface area contributed by atoms with Crippen LogP contribution in [0.4, 0.5) is 0 Å². The predicted octanol–water partition coefficient (Wildman–Crippen LogP) is 1.77. The molecule has 0 aliphatic carbocycles. The third-order valence-electron chi connectivity index (χ3n) is 5.91. The molecular weight excluding hydrogens is 326 g/mol. The largest absolute Gasteiger partial charge is 0.396 e. The Labute approximate surface area is 157 Å². The van der Waals surface area contributed by atoms with Crippen molar-refractivity contribution in [1.82, 2.24) is 9.80 Å². The van der Waals surface area contributed by atoms with Crippen molar-refractivity contribution in [3.63, 3.8) is 0 Å². The van der Waals surface area contributed by atoms with Gasteiger partial charge in [-0.25, -0.2) is 0 Å². The SMILES string of the molecule is NCCc1cccc(CN2CCC[C@]3(CCC(=O)N(CCCO)C3)C2)c1. The van der Waals surface area contributed by atoms with Gasteiger partial charge >= 0.3 is 0 Å². The lowest BCUT2D eigenvalue weighted by atomic mass is 9.73. The van der Waals surface area contributed by atoms with Gasteiger partial charge in [0, 0.05) is 44.6 Å². The molecule has 5 heteroatoms. The number of piperidine rings is 2. The summed E-state index contributed by atoms with van der Waals surface area (Å²) in [4.78, 5) is 16.8. The molecule has 2 fully saturated rings. The van der Waals surface area contributed by atoms with E-state index in [1.54, 1.807) is 0 Å². The average molecular weight is 360 g/mol. The van der Waals surface area contributed by atoms with Gasteiger partial charge in [0.25, 0.3) is 0 Å². The Morgan fingerprint density at radius 3 is 2.85 bits per heavy atom. The summed E-state index contributed by atoms with van der Waals surface area (Å²) in [6.07, 6.45) is 5.68. The number of aliphatic hydroxyl groups is 1. The van der Waals surface area contributed by atoms with Crippen LogP contribution >= 0.6 is 0 Å². The molecule has 1 spiro atoms. The second-order valence-electron chi connectivity index (χ2n) is 8.07. The predicted molar refractivity (Wildman–Crippen MR) is 104 cm³/mol. The van der Waals surface area contributed by atoms with Crippen LogP contribution in [0.1, 0.15) is 43.2 Å². The summed E-state index contributed by atoms with van der Waals surface area (Å²) < 4.78 is 0. The molecule has 2 saturated heterocycles. The number of nitrogens with two attached hydrogens (primary N) is 1. The number of carbonyl (C=O) groups excluding carboxylic acids is 1. The molecule has 2 aliphatic heterocycles. The second-order valence-corrected chi connectivity index (χ2v) is 8.07. The summed E-state index contributed by atoms with van der Waals surface area (Å²) in [7, 11) is 0. The Balaban J connectivity index is 1.63. The van der Waals surface area contributed by atoms with Crippen LogP contribution in [0.2, 0.25) is 0 Å². The fraction of sp³-hybridized carbons (Fsp3) is 0.667. The van der Waals surface area contributed by atoms with Gasteiger partial charge in [-0.2, -0.15) is 0 Å². The fourth-order valence-corrected chi connectivity index (χ4v) is 4.65. The Morgan fingerprint density at radius 2 is 2.04 bits per heavy atom. The summed E-state index contributed by atoms with van der Waals surface area (Å²) in [5.74, 6) is 0.260. The van der Waals surface area contributed by atoms with Gasteiger partial charge in [-0.1, -0.05) is 24.3 Å². The number of rotatable bonds is 7. The van der Waals surface area contributed by atoms with Crippen LogP contribution < -0.4 is 5.73 Å². The summed E-state index contributed by atoms with van der Waals surface area (Å²) >= 11 is 0. The molecule has 2 aliphatic rings. The Kier molecular flexibility index (Phi) is 6.68. The monoisotopic (exact) mass is 359 g/mol. The van der Waals surface area contributed by atoms with E-state index in [0.717, 1.165) is 39.0 Å². The maximum Gasteiger partial charge on any atom is 0.222 e. The van der Waals surface area contributed by atoms with Gasteiger partial charge in [-0.05, 0) is 56.3 Å². The number of hydrogen-bond donors (Lipinski definition) is 2. The molecular formula is C21H33N3O2. The summed E-state index contributed by atoms with van der Waals surface area (Å²) in [5.41, 5.74) is 8.59. The zero-order chi connectivity index (χ0) is 18.4. The van der Waals surface area contributed by atoms with Crippen molar-refractivity contribution in [2.75, 3.05) is 39.3 Å². The van der Waals surface area contributed by atoms with Gasteiger partial charge < -0.3 is 15.7 Å². The highest BCUT2D eigenvalue weighted by Crippen LogP contribution is 2.39. The van der Waals surface area contributed by atoms with E-state index in [-0.39, 0.29) is 17.9 Å². The first-order valence-electron chi connectivity index (χ1n) is 10.0. The van der Waals surface area contributed by atoms with Crippen molar-refractivity contribution < 1.29 is 9.90 Å². The first-order valence-corrected chi connectivity index (χ1v) is 10.0. The van der Waals surface area contributed by atoms with Crippen LogP contribution in [0, 0.1) is 5.41 Å². The first-order chi connectivity index (χ1) is 12.6. The summed E-state index contributed by atoms with van der Waals surface area (Å²) in [6.45, 7) is 5.57. The number of nitrogens with zero attached hydrogens (tertiary/aromatic N) is 2. The van der Waals surface area contributed by atoms with E-state index in [2.05, 4.69) is 29.2 Å². The number of benzene rings is 1. The van der Waals surface area contributed by atoms with Crippen molar-refractivity contribution in [1.29, 1.82) is 0 Å². The molecule has 0 saturated carbocycles. The molecule has 26 heavy (non-hydrogen) atoms. The normalized spacial score (nSPS) is 24.4. The zero-order valence-corrected chi connectivity index (χ0v) is 15.8. The van der Waals surface area contributed by atoms with Crippen LogP contribution in [-0.4, -0.2) is 60.1 Å². The second kappa shape index (κ2) is 8.98. The minimum atomic E-state index is 0.155. The minimum Gasteiger partial charge on any atom is -0.396 e. The molecule has 2 heterocycles. The van der Waals surface area contributed by atoms with E-state index in [1.807, 2.05) is 4.90 Å². The van der Waals surface area contributed by atoms with Crippen LogP contribution in [0.5, 0.6) is 0 Å². The van der Waals surface area contributed by atoms with Gasteiger partial charge in [0.15, 0.2) is 0 Å². The van der Waals surface area contributed by atoms with E-state index in [0.29, 0.717) is 25.9 Å². The van der Waals surface area contributed by atoms with Gasteiger partial charge in [0.1, 0.15) is 0 Å². The Morgan fingerprint density at radius 1 is 1.19 bits per heavy atom. The fourth-order valence-electron chi connectivity index (χ4n) is 4.65. The molecule has 0 unspecified atom stereocenters. The highest BCUT2D eigenvalue weighted by molar-refractivity contribution is 5.77. The third-order valence-corrected chi connectivity index (χ3v) is 5.91. The third kappa shape index (κ3) is 4.84. The first kappa shape index (κ1) is 19.3. The van der Waals surface area contributed by atoms with Crippen LogP contribution in [-0.2, 0) is 17.8 Å². The van der Waals surface area contributed by atoms with Crippen LogP contribution in [0.25, 0.3) is 0 Å². The lowest BCUT2D eigenvalue weighted by molar-refractivity contribution is -0.139. The number of amides is 1. The Hall–Kier alpha value is -1.43. The molecule has 5 nitrogen and oxygen atoms in total. The topological polar surface area (TPSA) is 69.8 Å². The van der Waals surface area contributed by atoms with E-state index in [1.165, 1.54) is 24.0 Å². The van der Waals surface area contributed by atoms with Gasteiger partial charge in [0.05, 0.1) is 0 Å². The number of carbonyl (C=O) groups is 1. The van der Waals surface area contributed by atoms with Crippen molar-refractivity contribution >= 4 is 5.91 Å². The average Bonchev–Trinajstić information content (AvgIpc) is 2.64. The van der Waals surface area contributed by atoms with Crippen molar-refractivity contribution in [2.45, 2.75) is 45.1 Å².